The summed E-state index contributed by atoms with van der Waals surface area (Å²) in [6, 6.07) is 44.5. The van der Waals surface area contributed by atoms with Gasteiger partial charge in [-0.2, -0.15) is 0 Å². The molecule has 7 aromatic rings. The molecule has 0 aliphatic rings. The number of benzene rings is 7. The summed E-state index contributed by atoms with van der Waals surface area (Å²) in [5.74, 6) is 0. The van der Waals surface area contributed by atoms with Crippen LogP contribution in [-0.2, 0) is 0 Å². The Morgan fingerprint density at radius 1 is 0.281 bits per heavy atom. The Hall–Kier alpha value is -4.16. The standard InChI is InChI=1S/C32H20/c1-2-8-22-19-31-25(17-21(22)7-1)14-13-24-18-26(15-16-28(24)31)32-20-23-9-3-4-10-27(23)29-11-5-6-12-30(29)32/h1-20H. The maximum Gasteiger partial charge on any atom is -0.00988 e. The first kappa shape index (κ1) is 17.5. The van der Waals surface area contributed by atoms with E-state index in [1.54, 1.807) is 0 Å². The minimum absolute atomic E-state index is 1.26. The van der Waals surface area contributed by atoms with Crippen LogP contribution in [0.15, 0.2) is 121 Å². The zero-order valence-corrected chi connectivity index (χ0v) is 17.5. The minimum atomic E-state index is 1.26. The van der Waals surface area contributed by atoms with Crippen molar-refractivity contribution in [2.45, 2.75) is 0 Å². The molecule has 0 atom stereocenters. The van der Waals surface area contributed by atoms with E-state index in [1.807, 2.05) is 0 Å². The average Bonchev–Trinajstić information content (AvgIpc) is 2.86. The van der Waals surface area contributed by atoms with Crippen molar-refractivity contribution in [1.82, 2.24) is 0 Å². The van der Waals surface area contributed by atoms with Crippen LogP contribution in [0, 0.1) is 0 Å². The molecule has 7 aromatic carbocycles. The fraction of sp³-hybridized carbons (Fsp3) is 0. The molecule has 0 saturated heterocycles. The van der Waals surface area contributed by atoms with Crippen LogP contribution in [0.5, 0.6) is 0 Å². The maximum absolute atomic E-state index is 2.35. The molecule has 0 radical (unpaired) electrons. The molecule has 0 amide bonds. The molecule has 0 saturated carbocycles. The van der Waals surface area contributed by atoms with Gasteiger partial charge in [0, 0.05) is 0 Å². The second-order valence-electron chi connectivity index (χ2n) is 8.61. The van der Waals surface area contributed by atoms with Gasteiger partial charge in [-0.1, -0.05) is 97.1 Å². The second-order valence-corrected chi connectivity index (χ2v) is 8.61. The van der Waals surface area contributed by atoms with E-state index in [2.05, 4.69) is 121 Å². The molecule has 0 aliphatic carbocycles. The monoisotopic (exact) mass is 404 g/mol. The van der Waals surface area contributed by atoms with Crippen LogP contribution in [0.25, 0.3) is 65.0 Å². The first-order valence-electron chi connectivity index (χ1n) is 11.1. The molecule has 7 rings (SSSR count). The van der Waals surface area contributed by atoms with Gasteiger partial charge in [0.2, 0.25) is 0 Å². The smallest absolute Gasteiger partial charge is 0.00988 e. The van der Waals surface area contributed by atoms with Crippen LogP contribution in [-0.4, -0.2) is 0 Å². The summed E-state index contributed by atoms with van der Waals surface area (Å²) in [5.41, 5.74) is 2.56. The van der Waals surface area contributed by atoms with Gasteiger partial charge < -0.3 is 0 Å². The molecule has 0 heteroatoms. The molecule has 148 valence electrons. The van der Waals surface area contributed by atoms with Gasteiger partial charge in [0.1, 0.15) is 0 Å². The lowest BCUT2D eigenvalue weighted by atomic mass is 9.91. The number of hydrogen-bond acceptors (Lipinski definition) is 0. The molecular weight excluding hydrogens is 384 g/mol. The molecule has 0 aromatic heterocycles. The Bertz CT molecular complexity index is 1820. The third kappa shape index (κ3) is 2.57. The van der Waals surface area contributed by atoms with Crippen LogP contribution in [0.4, 0.5) is 0 Å². The predicted molar refractivity (Wildman–Crippen MR) is 139 cm³/mol. The Morgan fingerprint density at radius 3 is 1.66 bits per heavy atom. The average molecular weight is 405 g/mol. The summed E-state index contributed by atoms with van der Waals surface area (Å²) in [6.07, 6.45) is 0. The van der Waals surface area contributed by atoms with E-state index in [4.69, 9.17) is 0 Å². The topological polar surface area (TPSA) is 0 Å². The zero-order chi connectivity index (χ0) is 21.1. The normalized spacial score (nSPS) is 11.8. The quantitative estimate of drug-likeness (QED) is 0.189. The van der Waals surface area contributed by atoms with E-state index in [9.17, 15) is 0 Å². The molecule has 32 heavy (non-hydrogen) atoms. The van der Waals surface area contributed by atoms with Crippen molar-refractivity contribution < 1.29 is 0 Å². The fourth-order valence-corrected chi connectivity index (χ4v) is 5.22. The molecular formula is C32H20. The largest absolute Gasteiger partial charge is 0.0616 e. The Labute approximate surface area is 186 Å². The maximum atomic E-state index is 2.35. The van der Waals surface area contributed by atoms with Gasteiger partial charge in [0.05, 0.1) is 0 Å². The molecule has 0 aliphatic heterocycles. The van der Waals surface area contributed by atoms with Crippen LogP contribution >= 0.6 is 0 Å². The number of hydrogen-bond donors (Lipinski definition) is 0. The lowest BCUT2D eigenvalue weighted by Crippen LogP contribution is -1.86. The molecule has 0 heterocycles. The van der Waals surface area contributed by atoms with E-state index >= 15 is 0 Å². The second kappa shape index (κ2) is 6.67. The summed E-state index contributed by atoms with van der Waals surface area (Å²) in [4.78, 5) is 0. The summed E-state index contributed by atoms with van der Waals surface area (Å²) < 4.78 is 0. The molecule has 0 nitrogen and oxygen atoms in total. The van der Waals surface area contributed by atoms with Crippen molar-refractivity contribution >= 4 is 53.9 Å². The van der Waals surface area contributed by atoms with Crippen molar-refractivity contribution in [2.75, 3.05) is 0 Å². The van der Waals surface area contributed by atoms with E-state index in [-0.39, 0.29) is 0 Å². The first-order valence-corrected chi connectivity index (χ1v) is 11.1. The van der Waals surface area contributed by atoms with Gasteiger partial charge in [-0.05, 0) is 89.3 Å². The van der Waals surface area contributed by atoms with E-state index in [0.29, 0.717) is 0 Å². The third-order valence-corrected chi connectivity index (χ3v) is 6.78. The highest BCUT2D eigenvalue weighted by Crippen LogP contribution is 2.37. The summed E-state index contributed by atoms with van der Waals surface area (Å²) in [7, 11) is 0. The molecule has 0 spiro atoms. The van der Waals surface area contributed by atoms with E-state index < -0.39 is 0 Å². The van der Waals surface area contributed by atoms with Crippen molar-refractivity contribution in [3.05, 3.63) is 121 Å². The van der Waals surface area contributed by atoms with Crippen LogP contribution in [0.1, 0.15) is 0 Å². The fourth-order valence-electron chi connectivity index (χ4n) is 5.22. The van der Waals surface area contributed by atoms with Gasteiger partial charge in [-0.25, -0.2) is 0 Å². The summed E-state index contributed by atoms with van der Waals surface area (Å²) in [5, 5.41) is 13.0. The zero-order valence-electron chi connectivity index (χ0n) is 17.5. The minimum Gasteiger partial charge on any atom is -0.0616 e. The highest BCUT2D eigenvalue weighted by atomic mass is 14.1. The van der Waals surface area contributed by atoms with Crippen molar-refractivity contribution in [3.8, 4) is 11.1 Å². The van der Waals surface area contributed by atoms with Gasteiger partial charge >= 0.3 is 0 Å². The SMILES string of the molecule is c1ccc2cc3c(ccc4cc(-c5cc6ccccc6c6ccccc56)ccc43)cc2c1. The predicted octanol–water partition coefficient (Wildman–Crippen LogP) is 9.12. The molecule has 0 bridgehead atoms. The van der Waals surface area contributed by atoms with Gasteiger partial charge in [0.15, 0.2) is 0 Å². The van der Waals surface area contributed by atoms with Crippen molar-refractivity contribution in [2.24, 2.45) is 0 Å². The Kier molecular flexibility index (Phi) is 3.65. The Balaban J connectivity index is 1.51. The van der Waals surface area contributed by atoms with E-state index in [1.165, 1.54) is 65.0 Å². The summed E-state index contributed by atoms with van der Waals surface area (Å²) in [6.45, 7) is 0. The van der Waals surface area contributed by atoms with Gasteiger partial charge in [0.25, 0.3) is 0 Å². The highest BCUT2D eigenvalue weighted by molar-refractivity contribution is 6.16. The molecule has 0 unspecified atom stereocenters. The number of fused-ring (bicyclic) bond motifs is 7. The molecule has 0 N–H and O–H groups in total. The van der Waals surface area contributed by atoms with Crippen molar-refractivity contribution in [3.63, 3.8) is 0 Å². The van der Waals surface area contributed by atoms with Crippen LogP contribution in [0.2, 0.25) is 0 Å². The number of rotatable bonds is 1. The van der Waals surface area contributed by atoms with Gasteiger partial charge in [-0.15, -0.1) is 0 Å². The van der Waals surface area contributed by atoms with Crippen LogP contribution < -0.4 is 0 Å². The third-order valence-electron chi connectivity index (χ3n) is 6.78. The summed E-state index contributed by atoms with van der Waals surface area (Å²) >= 11 is 0. The van der Waals surface area contributed by atoms with Gasteiger partial charge in [-0.3, -0.25) is 0 Å². The molecule has 0 fully saturated rings. The van der Waals surface area contributed by atoms with Crippen molar-refractivity contribution in [1.29, 1.82) is 0 Å². The Morgan fingerprint density at radius 2 is 0.844 bits per heavy atom. The lowest BCUT2D eigenvalue weighted by molar-refractivity contribution is 1.71. The first-order chi connectivity index (χ1) is 15.8. The van der Waals surface area contributed by atoms with E-state index in [0.717, 1.165) is 0 Å². The lowest BCUT2D eigenvalue weighted by Gasteiger charge is -2.13. The van der Waals surface area contributed by atoms with Crippen LogP contribution in [0.3, 0.4) is 0 Å². The highest BCUT2D eigenvalue weighted by Gasteiger charge is 2.10.